The first-order valence-corrected chi connectivity index (χ1v) is 6.57. The van der Waals surface area contributed by atoms with Gasteiger partial charge in [0.05, 0.1) is 16.6 Å². The highest BCUT2D eigenvalue weighted by Crippen LogP contribution is 2.29. The lowest BCUT2D eigenvalue weighted by molar-refractivity contribution is 0.0697. The number of halogens is 2. The van der Waals surface area contributed by atoms with Crippen LogP contribution in [0.15, 0.2) is 24.4 Å². The van der Waals surface area contributed by atoms with Crippen molar-refractivity contribution in [2.24, 2.45) is 0 Å². The zero-order valence-corrected chi connectivity index (χ0v) is 11.4. The largest absolute Gasteiger partial charge is 0.478 e. The predicted octanol–water partition coefficient (Wildman–Crippen LogP) is 3.81. The maximum atomic E-state index is 13.0. The highest BCUT2D eigenvalue weighted by Gasteiger charge is 2.16. The van der Waals surface area contributed by atoms with E-state index < -0.39 is 11.8 Å². The van der Waals surface area contributed by atoms with Crippen molar-refractivity contribution in [1.82, 2.24) is 4.98 Å². The van der Waals surface area contributed by atoms with E-state index in [9.17, 15) is 9.18 Å². The first-order chi connectivity index (χ1) is 8.97. The van der Waals surface area contributed by atoms with E-state index in [0.29, 0.717) is 4.34 Å². The normalized spacial score (nSPS) is 12.2. The molecule has 100 valence electrons. The van der Waals surface area contributed by atoms with Gasteiger partial charge in [-0.05, 0) is 25.1 Å². The second-order valence-electron chi connectivity index (χ2n) is 3.86. The number of carboxylic acid groups (broad SMARTS) is 1. The Morgan fingerprint density at radius 2 is 2.32 bits per heavy atom. The Kier molecular flexibility index (Phi) is 4.01. The molecule has 2 rings (SSSR count). The standard InChI is InChI=1S/C12H10ClFN2O2S/c1-6(9-2-3-10(13)19-9)16-11-8(12(17)18)4-7(14)5-15-11/h2-6H,1H3,(H,15,16)(H,17,18). The van der Waals surface area contributed by atoms with Crippen molar-refractivity contribution in [3.05, 3.63) is 45.0 Å². The van der Waals surface area contributed by atoms with Gasteiger partial charge in [0.2, 0.25) is 0 Å². The van der Waals surface area contributed by atoms with Crippen LogP contribution in [0.25, 0.3) is 0 Å². The predicted molar refractivity (Wildman–Crippen MR) is 72.5 cm³/mol. The quantitative estimate of drug-likeness (QED) is 0.901. The molecule has 0 aliphatic carbocycles. The van der Waals surface area contributed by atoms with Crippen LogP contribution in [0.5, 0.6) is 0 Å². The van der Waals surface area contributed by atoms with Crippen molar-refractivity contribution >= 4 is 34.7 Å². The molecule has 0 spiro atoms. The lowest BCUT2D eigenvalue weighted by Crippen LogP contribution is -2.11. The maximum Gasteiger partial charge on any atom is 0.339 e. The number of carboxylic acids is 1. The Hall–Kier alpha value is -1.66. The zero-order chi connectivity index (χ0) is 14.0. The minimum absolute atomic E-state index is 0.130. The van der Waals surface area contributed by atoms with Gasteiger partial charge in [-0.15, -0.1) is 11.3 Å². The molecule has 2 aromatic rings. The molecule has 0 saturated carbocycles. The third-order valence-electron chi connectivity index (χ3n) is 2.46. The molecule has 0 aromatic carbocycles. The van der Waals surface area contributed by atoms with Gasteiger partial charge in [0.25, 0.3) is 0 Å². The van der Waals surface area contributed by atoms with E-state index in [4.69, 9.17) is 16.7 Å². The molecule has 2 heterocycles. The van der Waals surface area contributed by atoms with Crippen LogP contribution in [0, 0.1) is 5.82 Å². The van der Waals surface area contributed by atoms with Gasteiger partial charge in [0.1, 0.15) is 17.2 Å². The van der Waals surface area contributed by atoms with Crippen LogP contribution in [0.1, 0.15) is 28.2 Å². The Bertz CT molecular complexity index is 618. The van der Waals surface area contributed by atoms with Crippen LogP contribution in [0.2, 0.25) is 4.34 Å². The molecular formula is C12H10ClFN2O2S. The van der Waals surface area contributed by atoms with E-state index in [1.165, 1.54) is 11.3 Å². The average Bonchev–Trinajstić information content (AvgIpc) is 2.78. The number of aromatic carboxylic acids is 1. The molecule has 19 heavy (non-hydrogen) atoms. The van der Waals surface area contributed by atoms with Crippen LogP contribution in [-0.2, 0) is 0 Å². The van der Waals surface area contributed by atoms with Crippen molar-refractivity contribution in [2.75, 3.05) is 5.32 Å². The average molecular weight is 301 g/mol. The monoisotopic (exact) mass is 300 g/mol. The van der Waals surface area contributed by atoms with Crippen molar-refractivity contribution in [1.29, 1.82) is 0 Å². The molecule has 4 nitrogen and oxygen atoms in total. The van der Waals surface area contributed by atoms with E-state index in [2.05, 4.69) is 10.3 Å². The van der Waals surface area contributed by atoms with Crippen LogP contribution in [0.4, 0.5) is 10.2 Å². The molecule has 0 saturated heterocycles. The summed E-state index contributed by atoms with van der Waals surface area (Å²) in [6.45, 7) is 1.85. The van der Waals surface area contributed by atoms with Gasteiger partial charge in [-0.25, -0.2) is 14.2 Å². The molecular weight excluding hydrogens is 291 g/mol. The molecule has 0 amide bonds. The lowest BCUT2D eigenvalue weighted by Gasteiger charge is -2.14. The summed E-state index contributed by atoms with van der Waals surface area (Å²) in [6.07, 6.45) is 0.975. The molecule has 0 aliphatic rings. The summed E-state index contributed by atoms with van der Waals surface area (Å²) in [4.78, 5) is 15.7. The minimum atomic E-state index is -1.23. The summed E-state index contributed by atoms with van der Waals surface area (Å²) < 4.78 is 13.6. The highest BCUT2D eigenvalue weighted by atomic mass is 35.5. The lowest BCUT2D eigenvalue weighted by atomic mass is 10.2. The van der Waals surface area contributed by atoms with Gasteiger partial charge in [-0.2, -0.15) is 0 Å². The second kappa shape index (κ2) is 5.54. The number of carbonyl (C=O) groups is 1. The number of nitrogens with zero attached hydrogens (tertiary/aromatic N) is 1. The van der Waals surface area contributed by atoms with Gasteiger partial charge < -0.3 is 10.4 Å². The van der Waals surface area contributed by atoms with E-state index in [1.807, 2.05) is 13.0 Å². The summed E-state index contributed by atoms with van der Waals surface area (Å²) in [6, 6.07) is 4.37. The van der Waals surface area contributed by atoms with Crippen molar-refractivity contribution in [3.8, 4) is 0 Å². The minimum Gasteiger partial charge on any atom is -0.478 e. The Morgan fingerprint density at radius 3 is 2.89 bits per heavy atom. The highest BCUT2D eigenvalue weighted by molar-refractivity contribution is 7.16. The Balaban J connectivity index is 2.26. The Morgan fingerprint density at radius 1 is 1.58 bits per heavy atom. The number of hydrogen-bond acceptors (Lipinski definition) is 4. The van der Waals surface area contributed by atoms with E-state index in [0.717, 1.165) is 17.1 Å². The fraction of sp³-hybridized carbons (Fsp3) is 0.167. The van der Waals surface area contributed by atoms with Crippen molar-refractivity contribution < 1.29 is 14.3 Å². The zero-order valence-electron chi connectivity index (χ0n) is 9.85. The number of aromatic nitrogens is 1. The molecule has 0 radical (unpaired) electrons. The molecule has 0 aliphatic heterocycles. The van der Waals surface area contributed by atoms with Crippen LogP contribution < -0.4 is 5.32 Å². The molecule has 0 fully saturated rings. The van der Waals surface area contributed by atoms with Gasteiger partial charge in [-0.3, -0.25) is 0 Å². The molecule has 1 unspecified atom stereocenters. The number of rotatable bonds is 4. The number of nitrogens with one attached hydrogen (secondary N) is 1. The summed E-state index contributed by atoms with van der Waals surface area (Å²) in [5, 5.41) is 12.0. The SMILES string of the molecule is CC(Nc1ncc(F)cc1C(=O)O)c1ccc(Cl)s1. The van der Waals surface area contributed by atoms with E-state index in [1.54, 1.807) is 6.07 Å². The van der Waals surface area contributed by atoms with Gasteiger partial charge in [0, 0.05) is 4.88 Å². The first kappa shape index (κ1) is 13.8. The van der Waals surface area contributed by atoms with Crippen LogP contribution >= 0.6 is 22.9 Å². The maximum absolute atomic E-state index is 13.0. The summed E-state index contributed by atoms with van der Waals surface area (Å²) >= 11 is 7.23. The van der Waals surface area contributed by atoms with Gasteiger partial charge in [-0.1, -0.05) is 11.6 Å². The molecule has 0 bridgehead atoms. The summed E-state index contributed by atoms with van der Waals surface area (Å²) in [5.41, 5.74) is -0.200. The van der Waals surface area contributed by atoms with E-state index in [-0.39, 0.29) is 17.4 Å². The molecule has 2 N–H and O–H groups in total. The molecule has 2 aromatic heterocycles. The van der Waals surface area contributed by atoms with E-state index >= 15 is 0 Å². The number of hydrogen-bond donors (Lipinski definition) is 2. The van der Waals surface area contributed by atoms with Crippen LogP contribution in [0.3, 0.4) is 0 Å². The number of pyridine rings is 1. The van der Waals surface area contributed by atoms with Crippen LogP contribution in [-0.4, -0.2) is 16.1 Å². The first-order valence-electron chi connectivity index (χ1n) is 5.38. The second-order valence-corrected chi connectivity index (χ2v) is 5.61. The molecule has 1 atom stereocenters. The fourth-order valence-electron chi connectivity index (χ4n) is 1.55. The third-order valence-corrected chi connectivity index (χ3v) is 3.87. The topological polar surface area (TPSA) is 62.2 Å². The fourth-order valence-corrected chi connectivity index (χ4v) is 2.62. The summed E-state index contributed by atoms with van der Waals surface area (Å²) in [7, 11) is 0. The Labute approximate surface area is 117 Å². The number of thiophene rings is 1. The molecule has 7 heteroatoms. The summed E-state index contributed by atoms with van der Waals surface area (Å²) in [5.74, 6) is -1.79. The van der Waals surface area contributed by atoms with Gasteiger partial charge in [0.15, 0.2) is 0 Å². The smallest absolute Gasteiger partial charge is 0.339 e. The number of anilines is 1. The van der Waals surface area contributed by atoms with Gasteiger partial charge >= 0.3 is 5.97 Å². The van der Waals surface area contributed by atoms with Crippen molar-refractivity contribution in [3.63, 3.8) is 0 Å². The van der Waals surface area contributed by atoms with Crippen molar-refractivity contribution in [2.45, 2.75) is 13.0 Å². The third kappa shape index (κ3) is 3.21.